The third-order valence-corrected chi connectivity index (χ3v) is 3.88. The largest absolute Gasteiger partial charge is 0.493 e. The normalized spacial score (nSPS) is 14.7. The van der Waals surface area contributed by atoms with E-state index in [1.807, 2.05) is 0 Å². The van der Waals surface area contributed by atoms with Gasteiger partial charge in [0, 0.05) is 0 Å². The van der Waals surface area contributed by atoms with Gasteiger partial charge in [-0.1, -0.05) is 11.6 Å². The monoisotopic (exact) mass is 326 g/mol. The summed E-state index contributed by atoms with van der Waals surface area (Å²) in [5, 5.41) is 0.145. The number of Topliss-reactive ketones (excluding diaryl/α,β-unsaturated/α-hetero) is 1. The highest BCUT2D eigenvalue weighted by Gasteiger charge is 2.29. The van der Waals surface area contributed by atoms with Crippen LogP contribution in [0.25, 0.3) is 0 Å². The van der Waals surface area contributed by atoms with Crippen LogP contribution < -0.4 is 9.47 Å². The first-order chi connectivity index (χ1) is 10.6. The summed E-state index contributed by atoms with van der Waals surface area (Å²) < 4.78 is 15.9. The maximum atomic E-state index is 12.3. The zero-order chi connectivity index (χ0) is 16.1. The summed E-state index contributed by atoms with van der Waals surface area (Å²) in [4.78, 5) is 24.1. The second-order valence-corrected chi connectivity index (χ2v) is 5.43. The molecular weight excluding hydrogens is 308 g/mol. The highest BCUT2D eigenvalue weighted by Crippen LogP contribution is 2.39. The summed E-state index contributed by atoms with van der Waals surface area (Å²) >= 11 is 6.12. The number of methoxy groups -OCH3 is 1. The molecule has 0 aliphatic heterocycles. The molecule has 0 aromatic heterocycles. The Labute approximate surface area is 134 Å². The maximum Gasteiger partial charge on any atom is 0.379 e. The Hall–Kier alpha value is -1.75. The van der Waals surface area contributed by atoms with Crippen molar-refractivity contribution in [3.63, 3.8) is 0 Å². The molecule has 1 aromatic carbocycles. The molecule has 0 heterocycles. The average molecular weight is 327 g/mol. The van der Waals surface area contributed by atoms with Gasteiger partial charge in [0.25, 0.3) is 5.78 Å². The first-order valence-corrected chi connectivity index (χ1v) is 7.70. The minimum atomic E-state index is -0.950. The average Bonchev–Trinajstić information content (AvgIpc) is 3.00. The van der Waals surface area contributed by atoms with Gasteiger partial charge in [0.2, 0.25) is 0 Å². The van der Waals surface area contributed by atoms with Gasteiger partial charge in [-0.3, -0.25) is 4.79 Å². The summed E-state index contributed by atoms with van der Waals surface area (Å²) in [6.07, 6.45) is 3.97. The molecule has 0 bridgehead atoms. The van der Waals surface area contributed by atoms with Crippen LogP contribution in [0.15, 0.2) is 12.1 Å². The Morgan fingerprint density at radius 2 is 1.95 bits per heavy atom. The second kappa shape index (κ2) is 7.49. The van der Waals surface area contributed by atoms with Gasteiger partial charge in [0.15, 0.2) is 11.5 Å². The molecule has 0 radical (unpaired) electrons. The van der Waals surface area contributed by atoms with E-state index in [2.05, 4.69) is 0 Å². The molecule has 0 spiro atoms. The zero-order valence-electron chi connectivity index (χ0n) is 12.7. The van der Waals surface area contributed by atoms with Gasteiger partial charge in [0.1, 0.15) is 0 Å². The van der Waals surface area contributed by atoms with Crippen LogP contribution in [-0.4, -0.2) is 31.6 Å². The van der Waals surface area contributed by atoms with Crippen molar-refractivity contribution >= 4 is 23.4 Å². The van der Waals surface area contributed by atoms with Gasteiger partial charge in [-0.25, -0.2) is 4.79 Å². The zero-order valence-corrected chi connectivity index (χ0v) is 13.4. The van der Waals surface area contributed by atoms with E-state index in [0.29, 0.717) is 5.75 Å². The number of hydrogen-bond donors (Lipinski definition) is 0. The highest BCUT2D eigenvalue weighted by atomic mass is 35.5. The van der Waals surface area contributed by atoms with Gasteiger partial charge in [-0.05, 0) is 44.7 Å². The number of carbonyl (C=O) groups is 2. The number of ether oxygens (including phenoxy) is 3. The topological polar surface area (TPSA) is 61.8 Å². The lowest BCUT2D eigenvalue weighted by Gasteiger charge is -2.19. The Balaban J connectivity index is 2.40. The third-order valence-electron chi connectivity index (χ3n) is 3.57. The van der Waals surface area contributed by atoms with Crippen LogP contribution in [0.3, 0.4) is 0 Å². The predicted octanol–water partition coefficient (Wildman–Crippen LogP) is 3.42. The molecule has 0 atom stereocenters. The van der Waals surface area contributed by atoms with E-state index in [4.69, 9.17) is 25.8 Å². The fourth-order valence-electron chi connectivity index (χ4n) is 2.50. The van der Waals surface area contributed by atoms with Crippen molar-refractivity contribution in [1.29, 1.82) is 0 Å². The molecule has 0 amide bonds. The Kier molecular flexibility index (Phi) is 5.66. The van der Waals surface area contributed by atoms with Crippen molar-refractivity contribution in [2.75, 3.05) is 13.7 Å². The van der Waals surface area contributed by atoms with E-state index in [-0.39, 0.29) is 29.0 Å². The number of benzene rings is 1. The first-order valence-electron chi connectivity index (χ1n) is 7.33. The fraction of sp³-hybridized carbons (Fsp3) is 0.500. The number of hydrogen-bond acceptors (Lipinski definition) is 5. The van der Waals surface area contributed by atoms with Crippen LogP contribution in [0.5, 0.6) is 11.5 Å². The molecule has 1 fully saturated rings. The lowest BCUT2D eigenvalue weighted by Crippen LogP contribution is -2.21. The van der Waals surface area contributed by atoms with E-state index in [1.165, 1.54) is 13.2 Å². The Morgan fingerprint density at radius 3 is 2.55 bits per heavy atom. The Morgan fingerprint density at radius 1 is 1.27 bits per heavy atom. The molecule has 1 aromatic rings. The van der Waals surface area contributed by atoms with Gasteiger partial charge >= 0.3 is 5.97 Å². The van der Waals surface area contributed by atoms with Crippen molar-refractivity contribution < 1.29 is 23.8 Å². The molecule has 1 saturated carbocycles. The van der Waals surface area contributed by atoms with Gasteiger partial charge < -0.3 is 14.2 Å². The number of ketones is 1. The molecule has 5 nitrogen and oxygen atoms in total. The molecule has 1 aliphatic rings. The van der Waals surface area contributed by atoms with Crippen molar-refractivity contribution in [3.8, 4) is 11.5 Å². The summed E-state index contributed by atoms with van der Waals surface area (Å²) in [7, 11) is 1.48. The summed E-state index contributed by atoms with van der Waals surface area (Å²) in [6.45, 7) is 1.75. The smallest absolute Gasteiger partial charge is 0.379 e. The second-order valence-electron chi connectivity index (χ2n) is 5.03. The van der Waals surface area contributed by atoms with Crippen LogP contribution >= 0.6 is 11.6 Å². The van der Waals surface area contributed by atoms with E-state index >= 15 is 0 Å². The quantitative estimate of drug-likeness (QED) is 0.455. The van der Waals surface area contributed by atoms with Crippen LogP contribution in [0.2, 0.25) is 5.02 Å². The molecule has 120 valence electrons. The van der Waals surface area contributed by atoms with Crippen molar-refractivity contribution in [1.82, 2.24) is 0 Å². The molecule has 1 aliphatic carbocycles. The minimum absolute atomic E-state index is 0.00103. The molecule has 0 unspecified atom stereocenters. The lowest BCUT2D eigenvalue weighted by atomic mass is 10.1. The standard InChI is InChI=1S/C16H19ClO5/c1-3-21-16(19)14(18)13-11(17)8-9-12(20-2)15(13)22-10-6-4-5-7-10/h8-10H,3-7H2,1-2H3. The number of esters is 1. The van der Waals surface area contributed by atoms with E-state index < -0.39 is 11.8 Å². The first kappa shape index (κ1) is 16.6. The predicted molar refractivity (Wildman–Crippen MR) is 81.9 cm³/mol. The lowest BCUT2D eigenvalue weighted by molar-refractivity contribution is -0.137. The number of rotatable bonds is 6. The van der Waals surface area contributed by atoms with Crippen molar-refractivity contribution in [3.05, 3.63) is 22.7 Å². The Bertz CT molecular complexity index is 564. The van der Waals surface area contributed by atoms with E-state index in [0.717, 1.165) is 25.7 Å². The number of halogens is 1. The van der Waals surface area contributed by atoms with Crippen molar-refractivity contribution in [2.45, 2.75) is 38.7 Å². The van der Waals surface area contributed by atoms with Crippen molar-refractivity contribution in [2.24, 2.45) is 0 Å². The molecule has 22 heavy (non-hydrogen) atoms. The molecule has 0 N–H and O–H groups in total. The SMILES string of the molecule is CCOC(=O)C(=O)c1c(Cl)ccc(OC)c1OC1CCCC1. The summed E-state index contributed by atoms with van der Waals surface area (Å²) in [5.41, 5.74) is 0.00590. The molecule has 6 heteroatoms. The fourth-order valence-corrected chi connectivity index (χ4v) is 2.74. The third kappa shape index (κ3) is 3.53. The molecule has 2 rings (SSSR count). The molecule has 0 saturated heterocycles. The summed E-state index contributed by atoms with van der Waals surface area (Å²) in [5.74, 6) is -1.17. The van der Waals surface area contributed by atoms with Crippen LogP contribution in [0.1, 0.15) is 43.0 Å². The van der Waals surface area contributed by atoms with Crippen LogP contribution in [0, 0.1) is 0 Å². The van der Waals surface area contributed by atoms with E-state index in [9.17, 15) is 9.59 Å². The maximum absolute atomic E-state index is 12.3. The minimum Gasteiger partial charge on any atom is -0.493 e. The van der Waals surface area contributed by atoms with Crippen LogP contribution in [-0.2, 0) is 9.53 Å². The van der Waals surface area contributed by atoms with Gasteiger partial charge in [0.05, 0.1) is 30.4 Å². The van der Waals surface area contributed by atoms with Gasteiger partial charge in [-0.2, -0.15) is 0 Å². The van der Waals surface area contributed by atoms with Gasteiger partial charge in [-0.15, -0.1) is 0 Å². The summed E-state index contributed by atoms with van der Waals surface area (Å²) in [6, 6.07) is 3.13. The highest BCUT2D eigenvalue weighted by molar-refractivity contribution is 6.46. The van der Waals surface area contributed by atoms with E-state index in [1.54, 1.807) is 13.0 Å². The van der Waals surface area contributed by atoms with Crippen LogP contribution in [0.4, 0.5) is 0 Å². The number of carbonyl (C=O) groups excluding carboxylic acids is 2. The molecular formula is C16H19ClO5.